The molecule has 0 atom stereocenters. The number of H-pyrrole nitrogens is 1. The van der Waals surface area contributed by atoms with E-state index in [1.807, 2.05) is 0 Å². The summed E-state index contributed by atoms with van der Waals surface area (Å²) in [6.07, 6.45) is 1.88. The zero-order valence-corrected chi connectivity index (χ0v) is 13.8. The number of amides is 1. The molecule has 2 N–H and O–H groups in total. The van der Waals surface area contributed by atoms with E-state index in [2.05, 4.69) is 15.3 Å². The number of anilines is 1. The number of carbonyl (C=O) groups excluding carboxylic acids is 1. The van der Waals surface area contributed by atoms with Crippen LogP contribution in [0.5, 0.6) is 0 Å². The third-order valence-corrected chi connectivity index (χ3v) is 3.64. The Morgan fingerprint density at radius 2 is 2.09 bits per heavy atom. The van der Waals surface area contributed by atoms with Crippen LogP contribution in [0.4, 0.5) is 5.69 Å². The summed E-state index contributed by atoms with van der Waals surface area (Å²) in [6, 6.07) is 1.40. The van der Waals surface area contributed by atoms with E-state index < -0.39 is 0 Å². The zero-order chi connectivity index (χ0) is 17.1. The standard InChI is InChI=1S/C15H17ClN4O3/c1-8-11(14(22)18-9(2)17-8)4-5-13(21)19-10-6-12(16)15(23)20(3)7-10/h6-7H,4-5H2,1-3H3,(H,19,21)(H,17,18,22). The van der Waals surface area contributed by atoms with Gasteiger partial charge in [-0.3, -0.25) is 14.4 Å². The maximum Gasteiger partial charge on any atom is 0.269 e. The molecule has 122 valence electrons. The normalized spacial score (nSPS) is 10.6. The summed E-state index contributed by atoms with van der Waals surface area (Å²) < 4.78 is 1.29. The number of aryl methyl sites for hydroxylation is 3. The third kappa shape index (κ3) is 4.07. The maximum absolute atomic E-state index is 12.0. The number of nitrogens with one attached hydrogen (secondary N) is 2. The van der Waals surface area contributed by atoms with Crippen molar-refractivity contribution in [1.29, 1.82) is 0 Å². The fraction of sp³-hybridized carbons (Fsp3) is 0.333. The zero-order valence-electron chi connectivity index (χ0n) is 13.1. The number of carbonyl (C=O) groups is 1. The molecule has 2 rings (SSSR count). The molecular formula is C15H17ClN4O3. The molecular weight excluding hydrogens is 320 g/mol. The predicted octanol–water partition coefficient (Wildman–Crippen LogP) is 1.31. The summed E-state index contributed by atoms with van der Waals surface area (Å²) in [4.78, 5) is 42.2. The van der Waals surface area contributed by atoms with Gasteiger partial charge < -0.3 is 14.9 Å². The summed E-state index contributed by atoms with van der Waals surface area (Å²) in [5.74, 6) is 0.264. The Morgan fingerprint density at radius 3 is 2.70 bits per heavy atom. The molecule has 2 heterocycles. The number of hydrogen-bond acceptors (Lipinski definition) is 4. The van der Waals surface area contributed by atoms with Crippen molar-refractivity contribution in [2.75, 3.05) is 5.32 Å². The van der Waals surface area contributed by atoms with E-state index in [0.717, 1.165) is 0 Å². The Bertz CT molecular complexity index is 844. The van der Waals surface area contributed by atoms with Gasteiger partial charge in [0, 0.05) is 30.9 Å². The minimum Gasteiger partial charge on any atom is -0.325 e. The van der Waals surface area contributed by atoms with E-state index in [0.29, 0.717) is 22.8 Å². The molecule has 1 amide bonds. The smallest absolute Gasteiger partial charge is 0.269 e. The predicted molar refractivity (Wildman–Crippen MR) is 88.0 cm³/mol. The Morgan fingerprint density at radius 1 is 1.39 bits per heavy atom. The van der Waals surface area contributed by atoms with Gasteiger partial charge in [-0.05, 0) is 26.3 Å². The Balaban J connectivity index is 2.07. The monoisotopic (exact) mass is 336 g/mol. The first-order valence-corrected chi connectivity index (χ1v) is 7.38. The van der Waals surface area contributed by atoms with Crippen molar-refractivity contribution in [2.45, 2.75) is 26.7 Å². The number of nitrogens with zero attached hydrogens (tertiary/aromatic N) is 2. The average molecular weight is 337 g/mol. The van der Waals surface area contributed by atoms with E-state index in [-0.39, 0.29) is 34.9 Å². The minimum atomic E-state index is -0.336. The van der Waals surface area contributed by atoms with Crippen molar-refractivity contribution in [1.82, 2.24) is 14.5 Å². The van der Waals surface area contributed by atoms with Gasteiger partial charge in [-0.2, -0.15) is 0 Å². The number of hydrogen-bond donors (Lipinski definition) is 2. The van der Waals surface area contributed by atoms with Gasteiger partial charge in [-0.25, -0.2) is 4.98 Å². The van der Waals surface area contributed by atoms with Crippen LogP contribution in [0.2, 0.25) is 5.02 Å². The summed E-state index contributed by atoms with van der Waals surface area (Å²) in [7, 11) is 1.55. The Hall–Kier alpha value is -2.41. The summed E-state index contributed by atoms with van der Waals surface area (Å²) >= 11 is 5.79. The molecule has 0 aliphatic heterocycles. The molecule has 7 nitrogen and oxygen atoms in total. The number of pyridine rings is 1. The molecule has 8 heteroatoms. The SMILES string of the molecule is Cc1nc(C)c(CCC(=O)Nc2cc(Cl)c(=O)n(C)c2)c(=O)[nH]1. The lowest BCUT2D eigenvalue weighted by Crippen LogP contribution is -2.21. The maximum atomic E-state index is 12.0. The quantitative estimate of drug-likeness (QED) is 0.879. The van der Waals surface area contributed by atoms with Gasteiger partial charge in [-0.15, -0.1) is 0 Å². The van der Waals surface area contributed by atoms with Crippen LogP contribution in [0.1, 0.15) is 23.5 Å². The van der Waals surface area contributed by atoms with E-state index in [1.54, 1.807) is 20.9 Å². The van der Waals surface area contributed by atoms with Crippen LogP contribution in [0.15, 0.2) is 21.9 Å². The van der Waals surface area contributed by atoms with Crippen molar-refractivity contribution in [3.8, 4) is 0 Å². The first-order chi connectivity index (χ1) is 10.8. The highest BCUT2D eigenvalue weighted by atomic mass is 35.5. The van der Waals surface area contributed by atoms with Crippen LogP contribution < -0.4 is 16.4 Å². The average Bonchev–Trinajstić information content (AvgIpc) is 2.43. The molecule has 0 saturated heterocycles. The van der Waals surface area contributed by atoms with Gasteiger partial charge in [-0.1, -0.05) is 11.6 Å². The second-order valence-electron chi connectivity index (χ2n) is 5.26. The van der Waals surface area contributed by atoms with Gasteiger partial charge in [0.1, 0.15) is 10.8 Å². The first kappa shape index (κ1) is 17.0. The molecule has 0 aromatic carbocycles. The summed E-state index contributed by atoms with van der Waals surface area (Å²) in [5, 5.41) is 2.68. The van der Waals surface area contributed by atoms with E-state index in [1.165, 1.54) is 16.8 Å². The van der Waals surface area contributed by atoms with E-state index in [9.17, 15) is 14.4 Å². The lowest BCUT2D eigenvalue weighted by molar-refractivity contribution is -0.116. The highest BCUT2D eigenvalue weighted by Gasteiger charge is 2.11. The van der Waals surface area contributed by atoms with Crippen molar-refractivity contribution in [3.05, 3.63) is 55.1 Å². The molecule has 2 aromatic heterocycles. The van der Waals surface area contributed by atoms with Crippen molar-refractivity contribution in [2.24, 2.45) is 7.05 Å². The van der Waals surface area contributed by atoms with Crippen LogP contribution in [0.3, 0.4) is 0 Å². The van der Waals surface area contributed by atoms with Gasteiger partial charge in [0.25, 0.3) is 11.1 Å². The van der Waals surface area contributed by atoms with Crippen LogP contribution in [-0.4, -0.2) is 20.4 Å². The van der Waals surface area contributed by atoms with Gasteiger partial charge in [0.05, 0.1) is 5.69 Å². The summed E-state index contributed by atoms with van der Waals surface area (Å²) in [6.45, 7) is 3.44. The molecule has 0 unspecified atom stereocenters. The van der Waals surface area contributed by atoms with Crippen molar-refractivity contribution in [3.63, 3.8) is 0 Å². The molecule has 23 heavy (non-hydrogen) atoms. The molecule has 0 aliphatic rings. The number of halogens is 1. The molecule has 0 radical (unpaired) electrons. The van der Waals surface area contributed by atoms with E-state index in [4.69, 9.17) is 11.6 Å². The van der Waals surface area contributed by atoms with Gasteiger partial charge in [0.15, 0.2) is 0 Å². The molecule has 0 fully saturated rings. The van der Waals surface area contributed by atoms with Crippen molar-refractivity contribution >= 4 is 23.2 Å². The highest BCUT2D eigenvalue weighted by Crippen LogP contribution is 2.11. The Labute approximate surface area is 137 Å². The highest BCUT2D eigenvalue weighted by molar-refractivity contribution is 6.30. The molecule has 0 bridgehead atoms. The van der Waals surface area contributed by atoms with Gasteiger partial charge in [0.2, 0.25) is 5.91 Å². The van der Waals surface area contributed by atoms with Crippen LogP contribution in [0, 0.1) is 13.8 Å². The second kappa shape index (κ2) is 6.78. The van der Waals surface area contributed by atoms with Gasteiger partial charge >= 0.3 is 0 Å². The lowest BCUT2D eigenvalue weighted by atomic mass is 10.1. The van der Waals surface area contributed by atoms with Crippen LogP contribution in [0.25, 0.3) is 0 Å². The fourth-order valence-corrected chi connectivity index (χ4v) is 2.50. The number of rotatable bonds is 4. The fourth-order valence-electron chi connectivity index (χ4n) is 2.25. The van der Waals surface area contributed by atoms with Crippen LogP contribution >= 0.6 is 11.6 Å². The molecule has 0 aliphatic carbocycles. The molecule has 2 aromatic rings. The molecule has 0 saturated carbocycles. The topological polar surface area (TPSA) is 96.8 Å². The second-order valence-corrected chi connectivity index (χ2v) is 5.66. The summed E-state index contributed by atoms with van der Waals surface area (Å²) in [5.41, 5.74) is 0.966. The van der Waals surface area contributed by atoms with E-state index >= 15 is 0 Å². The first-order valence-electron chi connectivity index (χ1n) is 7.00. The Kier molecular flexibility index (Phi) is 5.00. The minimum absolute atomic E-state index is 0.0281. The number of aromatic nitrogens is 3. The lowest BCUT2D eigenvalue weighted by Gasteiger charge is -2.08. The largest absolute Gasteiger partial charge is 0.325 e. The van der Waals surface area contributed by atoms with Crippen molar-refractivity contribution < 1.29 is 4.79 Å². The van der Waals surface area contributed by atoms with Crippen LogP contribution in [-0.2, 0) is 18.3 Å². The number of aromatic amines is 1. The molecule has 0 spiro atoms. The third-order valence-electron chi connectivity index (χ3n) is 3.37.